The van der Waals surface area contributed by atoms with E-state index in [-0.39, 0.29) is 6.04 Å². The number of ether oxygens (including phenoxy) is 1. The SMILES string of the molecule is Cc1cc(-c2nsc3c(-c4cnnn4C)cc(N4CCOC[C@H]4C)nc23)n(PI)n1. The maximum atomic E-state index is 5.64. The number of hydrogen-bond donors (Lipinski definition) is 0. The average molecular weight is 554 g/mol. The van der Waals surface area contributed by atoms with Gasteiger partial charge in [-0.15, -0.1) is 5.10 Å². The molecule has 9 nitrogen and oxygen atoms in total. The molecular formula is C18H20IN8OPS. The number of hydrogen-bond acceptors (Lipinski definition) is 8. The summed E-state index contributed by atoms with van der Waals surface area (Å²) in [6.07, 6.45) is 2.28. The Kier molecular flexibility index (Phi) is 5.46. The lowest BCUT2D eigenvalue weighted by atomic mass is 10.1. The molecular weight excluding hydrogens is 534 g/mol. The topological polar surface area (TPSA) is 86.8 Å². The van der Waals surface area contributed by atoms with E-state index in [4.69, 9.17) is 14.1 Å². The summed E-state index contributed by atoms with van der Waals surface area (Å²) >= 11 is 3.81. The first kappa shape index (κ1) is 20.2. The number of aromatic nitrogens is 7. The number of fused-ring (bicyclic) bond motifs is 1. The maximum Gasteiger partial charge on any atom is 0.130 e. The van der Waals surface area contributed by atoms with E-state index < -0.39 is 0 Å². The van der Waals surface area contributed by atoms with Crippen molar-refractivity contribution in [2.24, 2.45) is 7.05 Å². The number of rotatable bonds is 4. The van der Waals surface area contributed by atoms with Crippen LogP contribution in [-0.4, -0.2) is 59.7 Å². The molecule has 0 saturated carbocycles. The fraction of sp³-hybridized carbons (Fsp3) is 0.389. The summed E-state index contributed by atoms with van der Waals surface area (Å²) in [7, 11) is 1.91. The van der Waals surface area contributed by atoms with Crippen molar-refractivity contribution >= 4 is 56.0 Å². The molecule has 1 aliphatic heterocycles. The highest BCUT2D eigenvalue weighted by Gasteiger charge is 2.25. The first-order valence-electron chi connectivity index (χ1n) is 9.50. The Hall–Kier alpha value is -1.69. The Morgan fingerprint density at radius 1 is 1.30 bits per heavy atom. The Morgan fingerprint density at radius 3 is 2.90 bits per heavy atom. The van der Waals surface area contributed by atoms with E-state index in [1.165, 1.54) is 11.5 Å². The first-order chi connectivity index (χ1) is 14.6. The lowest BCUT2D eigenvalue weighted by Gasteiger charge is -2.34. The summed E-state index contributed by atoms with van der Waals surface area (Å²) in [6.45, 7) is 6.37. The molecule has 156 valence electrons. The van der Waals surface area contributed by atoms with Gasteiger partial charge in [-0.05, 0) is 59.6 Å². The van der Waals surface area contributed by atoms with Crippen molar-refractivity contribution < 1.29 is 4.74 Å². The van der Waals surface area contributed by atoms with Gasteiger partial charge in [0.2, 0.25) is 0 Å². The zero-order valence-electron chi connectivity index (χ0n) is 16.7. The van der Waals surface area contributed by atoms with Gasteiger partial charge in [0.25, 0.3) is 0 Å². The largest absolute Gasteiger partial charge is 0.377 e. The van der Waals surface area contributed by atoms with Gasteiger partial charge in [-0.25, -0.2) is 14.1 Å². The van der Waals surface area contributed by atoms with Gasteiger partial charge in [0, 0.05) is 19.2 Å². The van der Waals surface area contributed by atoms with Gasteiger partial charge in [-0.2, -0.15) is 9.47 Å². The first-order valence-corrected chi connectivity index (χ1v) is 14.3. The van der Waals surface area contributed by atoms with E-state index in [0.717, 1.165) is 50.9 Å². The monoisotopic (exact) mass is 554 g/mol. The van der Waals surface area contributed by atoms with Gasteiger partial charge >= 0.3 is 0 Å². The quantitative estimate of drug-likeness (QED) is 0.281. The van der Waals surface area contributed by atoms with Crippen LogP contribution in [0.3, 0.4) is 0 Å². The van der Waals surface area contributed by atoms with E-state index in [1.54, 1.807) is 10.9 Å². The van der Waals surface area contributed by atoms with Gasteiger partial charge in [0.15, 0.2) is 0 Å². The Bertz CT molecular complexity index is 1220. The van der Waals surface area contributed by atoms with Gasteiger partial charge in [0.1, 0.15) is 17.0 Å². The van der Waals surface area contributed by atoms with E-state index >= 15 is 0 Å². The minimum absolute atomic E-state index is 0.250. The van der Waals surface area contributed by atoms with E-state index in [9.17, 15) is 0 Å². The molecule has 0 amide bonds. The fourth-order valence-corrected chi connectivity index (χ4v) is 6.16. The van der Waals surface area contributed by atoms with Crippen molar-refractivity contribution in [3.05, 3.63) is 24.0 Å². The normalized spacial score (nSPS) is 17.6. The summed E-state index contributed by atoms with van der Waals surface area (Å²) in [6, 6.07) is 4.46. The second kappa shape index (κ2) is 8.10. The predicted octanol–water partition coefficient (Wildman–Crippen LogP) is 3.68. The van der Waals surface area contributed by atoms with Crippen molar-refractivity contribution in [1.29, 1.82) is 0 Å². The van der Waals surface area contributed by atoms with Crippen molar-refractivity contribution in [2.75, 3.05) is 24.7 Å². The third-order valence-electron chi connectivity index (χ3n) is 5.22. The number of halogens is 1. The standard InChI is InChI=1S/C18H20IN8OPS/c1-10-6-13(27(22-10)29-19)16-17-18(30-23-16)12(14-8-20-24-25(14)3)7-15(21-17)26-4-5-28-9-11(26)2/h6-8,11,29H,4-5,9H2,1-3H3/t11-/m1/s1. The minimum Gasteiger partial charge on any atom is -0.377 e. The molecule has 0 aromatic carbocycles. The highest BCUT2D eigenvalue weighted by atomic mass is 127. The van der Waals surface area contributed by atoms with Crippen molar-refractivity contribution in [2.45, 2.75) is 19.9 Å². The Morgan fingerprint density at radius 2 is 2.17 bits per heavy atom. The predicted molar refractivity (Wildman–Crippen MR) is 129 cm³/mol. The number of nitrogens with zero attached hydrogens (tertiary/aromatic N) is 8. The molecule has 2 atom stereocenters. The van der Waals surface area contributed by atoms with Crippen LogP contribution < -0.4 is 4.90 Å². The molecule has 1 fully saturated rings. The molecule has 4 aromatic heterocycles. The van der Waals surface area contributed by atoms with Crippen molar-refractivity contribution in [3.63, 3.8) is 0 Å². The number of pyridine rings is 1. The minimum atomic E-state index is 0.250. The zero-order chi connectivity index (χ0) is 20.8. The van der Waals surface area contributed by atoms with Crippen LogP contribution in [0.25, 0.3) is 32.9 Å². The highest BCUT2D eigenvalue weighted by Crippen LogP contribution is 2.40. The fourth-order valence-electron chi connectivity index (χ4n) is 3.75. The molecule has 0 radical (unpaired) electrons. The van der Waals surface area contributed by atoms with Gasteiger partial charge in [0.05, 0.1) is 53.6 Å². The van der Waals surface area contributed by atoms with E-state index in [1.807, 2.05) is 18.4 Å². The lowest BCUT2D eigenvalue weighted by molar-refractivity contribution is 0.0986. The summed E-state index contributed by atoms with van der Waals surface area (Å²) in [4.78, 5) is 7.40. The van der Waals surface area contributed by atoms with Crippen LogP contribution in [-0.2, 0) is 11.8 Å². The molecule has 1 aliphatic rings. The number of aryl methyl sites for hydroxylation is 2. The lowest BCUT2D eigenvalue weighted by Crippen LogP contribution is -2.44. The number of anilines is 1. The van der Waals surface area contributed by atoms with Crippen LogP contribution in [0.15, 0.2) is 18.3 Å². The Balaban J connectivity index is 1.76. The van der Waals surface area contributed by atoms with Crippen LogP contribution >= 0.6 is 39.9 Å². The second-order valence-corrected chi connectivity index (χ2v) is 10.1. The molecule has 0 aliphatic carbocycles. The highest BCUT2D eigenvalue weighted by molar-refractivity contribution is 14.2. The molecule has 5 heterocycles. The Labute approximate surface area is 192 Å². The summed E-state index contributed by atoms with van der Waals surface area (Å²) in [5, 5.41) is 12.8. The molecule has 1 unspecified atom stereocenters. The molecule has 30 heavy (non-hydrogen) atoms. The van der Waals surface area contributed by atoms with E-state index in [2.05, 4.69) is 61.4 Å². The van der Waals surface area contributed by atoms with Crippen molar-refractivity contribution in [3.8, 4) is 22.6 Å². The van der Waals surface area contributed by atoms with Crippen LogP contribution in [0.5, 0.6) is 0 Å². The molecule has 4 aromatic rings. The molecule has 0 spiro atoms. The van der Waals surface area contributed by atoms with Crippen LogP contribution in [0, 0.1) is 6.92 Å². The second-order valence-electron chi connectivity index (χ2n) is 7.26. The summed E-state index contributed by atoms with van der Waals surface area (Å²) < 4.78 is 15.3. The molecule has 0 N–H and O–H groups in total. The summed E-state index contributed by atoms with van der Waals surface area (Å²) in [5.41, 5.74) is 5.73. The third-order valence-corrected chi connectivity index (χ3v) is 7.96. The number of morpholine rings is 1. The van der Waals surface area contributed by atoms with Crippen LogP contribution in [0.1, 0.15) is 12.6 Å². The third kappa shape index (κ3) is 3.41. The van der Waals surface area contributed by atoms with Gasteiger partial charge < -0.3 is 9.64 Å². The van der Waals surface area contributed by atoms with Crippen molar-refractivity contribution in [1.82, 2.24) is 33.9 Å². The van der Waals surface area contributed by atoms with Gasteiger partial charge in [-0.1, -0.05) is 5.21 Å². The smallest absolute Gasteiger partial charge is 0.130 e. The maximum absolute atomic E-state index is 5.64. The van der Waals surface area contributed by atoms with Crippen LogP contribution in [0.4, 0.5) is 5.82 Å². The van der Waals surface area contributed by atoms with Crippen LogP contribution in [0.2, 0.25) is 0 Å². The zero-order valence-corrected chi connectivity index (χ0v) is 20.7. The van der Waals surface area contributed by atoms with E-state index in [0.29, 0.717) is 19.6 Å². The molecule has 0 bridgehead atoms. The average Bonchev–Trinajstić information content (AvgIpc) is 3.45. The molecule has 5 rings (SSSR count). The summed E-state index contributed by atoms with van der Waals surface area (Å²) in [5.74, 6) is 0.927. The molecule has 1 saturated heterocycles. The van der Waals surface area contributed by atoms with Gasteiger partial charge in [-0.3, -0.25) is 0 Å². The molecule has 12 heteroatoms.